The number of phenolic OH excluding ortho intramolecular Hbond substituents is 2. The van der Waals surface area contributed by atoms with Gasteiger partial charge >= 0.3 is 0 Å². The zero-order valence-electron chi connectivity index (χ0n) is 13.0. The van der Waals surface area contributed by atoms with Crippen molar-refractivity contribution in [3.8, 4) is 11.5 Å². The minimum Gasteiger partial charge on any atom is -0.508 e. The van der Waals surface area contributed by atoms with Gasteiger partial charge in [0, 0.05) is 37.9 Å². The number of aromatic hydroxyl groups is 2. The van der Waals surface area contributed by atoms with Crippen molar-refractivity contribution in [1.29, 1.82) is 0 Å². The number of aromatic amines is 1. The molecule has 0 fully saturated rings. The number of phenols is 2. The van der Waals surface area contributed by atoms with E-state index < -0.39 is 15.4 Å². The zero-order valence-corrected chi connectivity index (χ0v) is 13.8. The molecule has 1 aromatic heterocycles. The fraction of sp³-hybridized carbons (Fsp3) is 0.333. The maximum absolute atomic E-state index is 12.2. The number of benzene rings is 1. The lowest BCUT2D eigenvalue weighted by molar-refractivity contribution is 0.237. The molecule has 24 heavy (non-hydrogen) atoms. The molecule has 0 radical (unpaired) electrons. The Kier molecular flexibility index (Phi) is 4.06. The van der Waals surface area contributed by atoms with Crippen LogP contribution in [0.2, 0.25) is 0 Å². The summed E-state index contributed by atoms with van der Waals surface area (Å²) in [6.07, 6.45) is 1.43. The van der Waals surface area contributed by atoms with E-state index in [-0.39, 0.29) is 23.2 Å². The molecule has 128 valence electrons. The summed E-state index contributed by atoms with van der Waals surface area (Å²) in [5.74, 6) is 0.121. The molecular weight excluding hydrogens is 334 g/mol. The Labute approximate surface area is 138 Å². The molecule has 9 heteroatoms. The number of fused-ring (bicyclic) bond motifs is 1. The first-order valence-corrected chi connectivity index (χ1v) is 9.18. The van der Waals surface area contributed by atoms with Crippen LogP contribution >= 0.6 is 0 Å². The Hall–Kier alpha value is -2.39. The Balaban J connectivity index is 1.87. The molecule has 0 spiro atoms. The first kappa shape index (κ1) is 16.5. The lowest BCUT2D eigenvalue weighted by atomic mass is 10.1. The predicted octanol–water partition coefficient (Wildman–Crippen LogP) is 0.143. The van der Waals surface area contributed by atoms with Crippen molar-refractivity contribution in [1.82, 2.24) is 14.9 Å². The molecule has 2 aromatic rings. The summed E-state index contributed by atoms with van der Waals surface area (Å²) in [7, 11) is -3.57. The van der Waals surface area contributed by atoms with E-state index in [2.05, 4.69) is 9.97 Å². The highest BCUT2D eigenvalue weighted by atomic mass is 32.2. The molecule has 0 unspecified atom stereocenters. The standard InChI is InChI=1S/C15H17N3O5S/c1-24(22,23)15-16-12-4-5-18(8-11(12)14(21)17-15)7-9-6-10(19)2-3-13(9)20/h2-3,6,19-20H,4-5,7-8H2,1H3,(H,16,17,21). The maximum atomic E-state index is 12.2. The highest BCUT2D eigenvalue weighted by molar-refractivity contribution is 7.90. The molecule has 0 saturated carbocycles. The van der Waals surface area contributed by atoms with Crippen LogP contribution in [0.25, 0.3) is 0 Å². The topological polar surface area (TPSA) is 124 Å². The minimum atomic E-state index is -3.57. The van der Waals surface area contributed by atoms with Crippen LogP contribution in [0.4, 0.5) is 0 Å². The average molecular weight is 351 g/mol. The monoisotopic (exact) mass is 351 g/mol. The van der Waals surface area contributed by atoms with Gasteiger partial charge in [0.2, 0.25) is 15.0 Å². The first-order chi connectivity index (χ1) is 11.2. The molecule has 3 rings (SSSR count). The molecule has 0 aliphatic carbocycles. The smallest absolute Gasteiger partial charge is 0.256 e. The number of hydrogen-bond acceptors (Lipinski definition) is 7. The number of rotatable bonds is 3. The van der Waals surface area contributed by atoms with Crippen LogP contribution in [0.5, 0.6) is 11.5 Å². The van der Waals surface area contributed by atoms with Crippen molar-refractivity contribution in [3.63, 3.8) is 0 Å². The lowest BCUT2D eigenvalue weighted by Crippen LogP contribution is -2.36. The number of hydrogen-bond donors (Lipinski definition) is 3. The third-order valence-corrected chi connectivity index (χ3v) is 4.83. The van der Waals surface area contributed by atoms with E-state index in [1.54, 1.807) is 0 Å². The predicted molar refractivity (Wildman–Crippen MR) is 85.6 cm³/mol. The quantitative estimate of drug-likeness (QED) is 0.531. The third-order valence-electron chi connectivity index (χ3n) is 3.93. The van der Waals surface area contributed by atoms with Gasteiger partial charge < -0.3 is 10.2 Å². The lowest BCUT2D eigenvalue weighted by Gasteiger charge is -2.27. The van der Waals surface area contributed by atoms with E-state index in [1.165, 1.54) is 18.2 Å². The van der Waals surface area contributed by atoms with Crippen LogP contribution < -0.4 is 5.56 Å². The van der Waals surface area contributed by atoms with Crippen molar-refractivity contribution >= 4 is 9.84 Å². The maximum Gasteiger partial charge on any atom is 0.256 e. The van der Waals surface area contributed by atoms with Gasteiger partial charge in [0.15, 0.2) is 0 Å². The summed E-state index contributed by atoms with van der Waals surface area (Å²) in [5, 5.41) is 19.1. The molecule has 1 aliphatic heterocycles. The van der Waals surface area contributed by atoms with Gasteiger partial charge in [0.25, 0.3) is 5.56 Å². The van der Waals surface area contributed by atoms with Gasteiger partial charge in [-0.25, -0.2) is 13.4 Å². The van der Waals surface area contributed by atoms with E-state index in [0.29, 0.717) is 36.3 Å². The van der Waals surface area contributed by atoms with Gasteiger partial charge in [-0.15, -0.1) is 0 Å². The van der Waals surface area contributed by atoms with E-state index in [1.807, 2.05) is 4.90 Å². The summed E-state index contributed by atoms with van der Waals surface area (Å²) in [6, 6.07) is 4.28. The number of nitrogens with one attached hydrogen (secondary N) is 1. The molecule has 0 amide bonds. The van der Waals surface area contributed by atoms with Crippen molar-refractivity contribution in [2.75, 3.05) is 12.8 Å². The van der Waals surface area contributed by atoms with Crippen molar-refractivity contribution < 1.29 is 18.6 Å². The van der Waals surface area contributed by atoms with Gasteiger partial charge in [0.1, 0.15) is 11.5 Å². The van der Waals surface area contributed by atoms with E-state index in [9.17, 15) is 23.4 Å². The van der Waals surface area contributed by atoms with Crippen molar-refractivity contribution in [2.45, 2.75) is 24.7 Å². The van der Waals surface area contributed by atoms with Crippen molar-refractivity contribution in [2.24, 2.45) is 0 Å². The number of H-pyrrole nitrogens is 1. The third kappa shape index (κ3) is 3.26. The van der Waals surface area contributed by atoms with Crippen LogP contribution in [-0.4, -0.2) is 46.3 Å². The van der Waals surface area contributed by atoms with Crippen LogP contribution in [0.1, 0.15) is 16.8 Å². The molecule has 0 saturated heterocycles. The highest BCUT2D eigenvalue weighted by Crippen LogP contribution is 2.25. The summed E-state index contributed by atoms with van der Waals surface area (Å²) < 4.78 is 23.1. The van der Waals surface area contributed by atoms with Crippen LogP contribution in [-0.2, 0) is 29.3 Å². The van der Waals surface area contributed by atoms with Gasteiger partial charge in [-0.05, 0) is 18.2 Å². The van der Waals surface area contributed by atoms with Gasteiger partial charge in [-0.2, -0.15) is 0 Å². The Morgan fingerprint density at radius 2 is 2.08 bits per heavy atom. The normalized spacial score (nSPS) is 15.2. The van der Waals surface area contributed by atoms with Crippen molar-refractivity contribution in [3.05, 3.63) is 45.4 Å². The molecule has 0 atom stereocenters. The van der Waals surface area contributed by atoms with Gasteiger partial charge in [-0.3, -0.25) is 14.7 Å². The largest absolute Gasteiger partial charge is 0.508 e. The number of sulfone groups is 1. The zero-order chi connectivity index (χ0) is 17.5. The Morgan fingerprint density at radius 1 is 1.33 bits per heavy atom. The molecule has 2 heterocycles. The van der Waals surface area contributed by atoms with Gasteiger partial charge in [0.05, 0.1) is 11.3 Å². The fourth-order valence-corrected chi connectivity index (χ4v) is 3.26. The molecule has 3 N–H and O–H groups in total. The summed E-state index contributed by atoms with van der Waals surface area (Å²) >= 11 is 0. The van der Waals surface area contributed by atoms with Crippen LogP contribution in [0.3, 0.4) is 0 Å². The first-order valence-electron chi connectivity index (χ1n) is 7.29. The molecule has 1 aromatic carbocycles. The minimum absolute atomic E-state index is 0.0533. The summed E-state index contributed by atoms with van der Waals surface area (Å²) in [5.41, 5.74) is 0.990. The summed E-state index contributed by atoms with van der Waals surface area (Å²) in [6.45, 7) is 1.20. The molecule has 1 aliphatic rings. The van der Waals surface area contributed by atoms with E-state index >= 15 is 0 Å². The number of aromatic nitrogens is 2. The van der Waals surface area contributed by atoms with Crippen LogP contribution in [0.15, 0.2) is 28.2 Å². The Bertz CT molecular complexity index is 952. The fourth-order valence-electron chi connectivity index (χ4n) is 2.71. The Morgan fingerprint density at radius 3 is 2.79 bits per heavy atom. The molecule has 8 nitrogen and oxygen atoms in total. The summed E-state index contributed by atoms with van der Waals surface area (Å²) in [4.78, 5) is 20.5. The van der Waals surface area contributed by atoms with E-state index in [4.69, 9.17) is 0 Å². The second-order valence-corrected chi connectivity index (χ2v) is 7.77. The van der Waals surface area contributed by atoms with Crippen LogP contribution in [0, 0.1) is 0 Å². The number of nitrogens with zero attached hydrogens (tertiary/aromatic N) is 2. The average Bonchev–Trinajstić information content (AvgIpc) is 2.50. The molecule has 0 bridgehead atoms. The SMILES string of the molecule is CS(=O)(=O)c1nc2c(c(=O)[nH]1)CN(Cc1cc(O)ccc1O)CC2. The second-order valence-electron chi connectivity index (χ2n) is 5.84. The second kappa shape index (κ2) is 5.91. The molecular formula is C15H17N3O5S. The highest BCUT2D eigenvalue weighted by Gasteiger charge is 2.24. The van der Waals surface area contributed by atoms with Gasteiger partial charge in [-0.1, -0.05) is 0 Å². The van der Waals surface area contributed by atoms with E-state index in [0.717, 1.165) is 6.26 Å².